The van der Waals surface area contributed by atoms with Gasteiger partial charge in [-0.25, -0.2) is 4.79 Å². The Morgan fingerprint density at radius 1 is 0.972 bits per heavy atom. The lowest BCUT2D eigenvalue weighted by Gasteiger charge is -2.35. The van der Waals surface area contributed by atoms with Gasteiger partial charge in [0.15, 0.2) is 0 Å². The van der Waals surface area contributed by atoms with Crippen molar-refractivity contribution in [3.05, 3.63) is 65.7 Å². The number of nitrogens with zero attached hydrogens (tertiary/aromatic N) is 1. The van der Waals surface area contributed by atoms with Gasteiger partial charge in [0, 0.05) is 31.3 Å². The molecule has 2 amide bonds. The van der Waals surface area contributed by atoms with Crippen LogP contribution in [0.15, 0.2) is 54.6 Å². The molecule has 7 heteroatoms. The molecule has 0 bridgehead atoms. The number of carbonyl (C=O) groups excluding carboxylic acids is 3. The molecule has 0 spiro atoms. The number of hydrogen-bond acceptors (Lipinski definition) is 5. The van der Waals surface area contributed by atoms with Gasteiger partial charge in [-0.05, 0) is 42.0 Å². The quantitative estimate of drug-likeness (QED) is 0.530. The number of nitrogens with one attached hydrogen (secondary N) is 1. The van der Waals surface area contributed by atoms with Gasteiger partial charge in [-0.1, -0.05) is 63.2 Å². The molecule has 3 rings (SSSR count). The number of amides is 2. The predicted octanol–water partition coefficient (Wildman–Crippen LogP) is 4.14. The molecule has 1 atom stereocenters. The lowest BCUT2D eigenvalue weighted by atomic mass is 9.89. The van der Waals surface area contributed by atoms with Crippen molar-refractivity contribution >= 4 is 17.8 Å². The standard InChI is InChI=1S/C29H38N2O5/c1-29(2,3)28(34)31-16-14-22(15-17-31)19-26(32)30-25(27(33)35-4)18-21-10-12-24(13-11-21)36-20-23-8-6-5-7-9-23/h5-13,22,25H,14-20H2,1-4H3,(H,30,32)/t25-/m0/s1. The van der Waals surface area contributed by atoms with Gasteiger partial charge in [0.2, 0.25) is 11.8 Å². The molecule has 0 radical (unpaired) electrons. The van der Waals surface area contributed by atoms with E-state index in [1.54, 1.807) is 0 Å². The number of benzene rings is 2. The summed E-state index contributed by atoms with van der Waals surface area (Å²) in [4.78, 5) is 39.5. The predicted molar refractivity (Wildman–Crippen MR) is 138 cm³/mol. The lowest BCUT2D eigenvalue weighted by molar-refractivity contribution is -0.145. The maximum Gasteiger partial charge on any atom is 0.328 e. The number of hydrogen-bond donors (Lipinski definition) is 1. The molecule has 0 saturated carbocycles. The van der Waals surface area contributed by atoms with Crippen LogP contribution in [0, 0.1) is 11.3 Å². The zero-order chi connectivity index (χ0) is 26.1. The van der Waals surface area contributed by atoms with Gasteiger partial charge in [-0.15, -0.1) is 0 Å². The van der Waals surface area contributed by atoms with E-state index in [1.807, 2.05) is 80.3 Å². The largest absolute Gasteiger partial charge is 0.489 e. The van der Waals surface area contributed by atoms with E-state index in [9.17, 15) is 14.4 Å². The number of carbonyl (C=O) groups is 3. The number of esters is 1. The normalized spacial score (nSPS) is 15.2. The topological polar surface area (TPSA) is 84.9 Å². The summed E-state index contributed by atoms with van der Waals surface area (Å²) in [6, 6.07) is 16.7. The maximum atomic E-state index is 12.8. The summed E-state index contributed by atoms with van der Waals surface area (Å²) in [5.41, 5.74) is 1.58. The van der Waals surface area contributed by atoms with Gasteiger partial charge in [-0.3, -0.25) is 9.59 Å². The monoisotopic (exact) mass is 494 g/mol. The first-order valence-corrected chi connectivity index (χ1v) is 12.6. The molecule has 1 fully saturated rings. The molecule has 36 heavy (non-hydrogen) atoms. The minimum absolute atomic E-state index is 0.146. The van der Waals surface area contributed by atoms with Crippen molar-refractivity contribution in [1.82, 2.24) is 10.2 Å². The van der Waals surface area contributed by atoms with Crippen molar-refractivity contribution in [2.75, 3.05) is 20.2 Å². The highest BCUT2D eigenvalue weighted by molar-refractivity contribution is 5.85. The molecule has 1 heterocycles. The molecule has 0 aromatic heterocycles. The number of rotatable bonds is 9. The highest BCUT2D eigenvalue weighted by Crippen LogP contribution is 2.25. The van der Waals surface area contributed by atoms with Crippen LogP contribution in [0.5, 0.6) is 5.75 Å². The molecule has 194 valence electrons. The molecule has 1 aliphatic rings. The third-order valence-corrected chi connectivity index (χ3v) is 6.45. The Balaban J connectivity index is 1.49. The number of likely N-dealkylation sites (tertiary alicyclic amines) is 1. The third kappa shape index (κ3) is 8.11. The molecule has 0 unspecified atom stereocenters. The minimum Gasteiger partial charge on any atom is -0.489 e. The van der Waals surface area contributed by atoms with Gasteiger partial charge < -0.3 is 19.7 Å². The molecule has 2 aromatic rings. The Morgan fingerprint density at radius 2 is 1.61 bits per heavy atom. The Hall–Kier alpha value is -3.35. The Bertz CT molecular complexity index is 1010. The first-order valence-electron chi connectivity index (χ1n) is 12.6. The van der Waals surface area contributed by atoms with E-state index in [-0.39, 0.29) is 17.7 Å². The fourth-order valence-corrected chi connectivity index (χ4v) is 4.36. The number of methoxy groups -OCH3 is 1. The highest BCUT2D eigenvalue weighted by Gasteiger charge is 2.31. The third-order valence-electron chi connectivity index (χ3n) is 6.45. The van der Waals surface area contributed by atoms with Gasteiger partial charge in [0.05, 0.1) is 7.11 Å². The highest BCUT2D eigenvalue weighted by atomic mass is 16.5. The van der Waals surface area contributed by atoms with Gasteiger partial charge in [-0.2, -0.15) is 0 Å². The second kappa shape index (κ2) is 12.6. The van der Waals surface area contributed by atoms with Crippen LogP contribution in [0.4, 0.5) is 0 Å². The van der Waals surface area contributed by atoms with Gasteiger partial charge >= 0.3 is 5.97 Å². The van der Waals surface area contributed by atoms with E-state index in [2.05, 4.69) is 5.32 Å². The van der Waals surface area contributed by atoms with Crippen molar-refractivity contribution in [1.29, 1.82) is 0 Å². The van der Waals surface area contributed by atoms with Crippen molar-refractivity contribution in [2.24, 2.45) is 11.3 Å². The average molecular weight is 495 g/mol. The summed E-state index contributed by atoms with van der Waals surface area (Å²) in [6.45, 7) is 7.57. The second-order valence-electron chi connectivity index (χ2n) is 10.5. The first kappa shape index (κ1) is 27.2. The van der Waals surface area contributed by atoms with Crippen molar-refractivity contribution in [2.45, 2.75) is 59.1 Å². The fourth-order valence-electron chi connectivity index (χ4n) is 4.36. The van der Waals surface area contributed by atoms with Crippen molar-refractivity contribution < 1.29 is 23.9 Å². The summed E-state index contributed by atoms with van der Waals surface area (Å²) in [6.07, 6.45) is 2.22. The van der Waals surface area contributed by atoms with Crippen LogP contribution in [0.2, 0.25) is 0 Å². The summed E-state index contributed by atoms with van der Waals surface area (Å²) in [5, 5.41) is 2.86. The fraction of sp³-hybridized carbons (Fsp3) is 0.483. The number of piperidine rings is 1. The van der Waals surface area contributed by atoms with Crippen LogP contribution in [0.1, 0.15) is 51.2 Å². The maximum absolute atomic E-state index is 12.8. The van der Waals surface area contributed by atoms with E-state index in [0.717, 1.165) is 29.7 Å². The Morgan fingerprint density at radius 3 is 2.19 bits per heavy atom. The van der Waals surface area contributed by atoms with Crippen LogP contribution in [0.25, 0.3) is 0 Å². The average Bonchev–Trinajstić information content (AvgIpc) is 2.87. The van der Waals surface area contributed by atoms with E-state index < -0.39 is 17.4 Å². The summed E-state index contributed by atoms with van der Waals surface area (Å²) < 4.78 is 10.8. The zero-order valence-electron chi connectivity index (χ0n) is 21.8. The minimum atomic E-state index is -0.763. The van der Waals surface area contributed by atoms with Gasteiger partial charge in [0.25, 0.3) is 0 Å². The molecule has 7 nitrogen and oxygen atoms in total. The summed E-state index contributed by atoms with van der Waals surface area (Å²) >= 11 is 0. The van der Waals surface area contributed by atoms with Crippen molar-refractivity contribution in [3.8, 4) is 5.75 Å². The second-order valence-corrected chi connectivity index (χ2v) is 10.5. The van der Waals surface area contributed by atoms with E-state index >= 15 is 0 Å². The van der Waals surface area contributed by atoms with E-state index in [4.69, 9.17) is 9.47 Å². The van der Waals surface area contributed by atoms with E-state index in [1.165, 1.54) is 7.11 Å². The molecule has 1 saturated heterocycles. The van der Waals surface area contributed by atoms with Crippen LogP contribution >= 0.6 is 0 Å². The summed E-state index contributed by atoms with van der Waals surface area (Å²) in [5.74, 6) is 0.422. The molecule has 0 aliphatic carbocycles. The molecular formula is C29H38N2O5. The smallest absolute Gasteiger partial charge is 0.328 e. The first-order chi connectivity index (χ1) is 17.2. The van der Waals surface area contributed by atoms with E-state index in [0.29, 0.717) is 32.5 Å². The van der Waals surface area contributed by atoms with Crippen molar-refractivity contribution in [3.63, 3.8) is 0 Å². The SMILES string of the molecule is COC(=O)[C@H](Cc1ccc(OCc2ccccc2)cc1)NC(=O)CC1CCN(C(=O)C(C)(C)C)CC1. The molecule has 1 aliphatic heterocycles. The lowest BCUT2D eigenvalue weighted by Crippen LogP contribution is -2.46. The van der Waals surface area contributed by atoms with Crippen LogP contribution in [0.3, 0.4) is 0 Å². The molecule has 2 aromatic carbocycles. The molecular weight excluding hydrogens is 456 g/mol. The van der Waals surface area contributed by atoms with Crippen LogP contribution in [-0.2, 0) is 32.1 Å². The Labute approximate surface area is 214 Å². The molecule has 1 N–H and O–H groups in total. The summed E-state index contributed by atoms with van der Waals surface area (Å²) in [7, 11) is 1.32. The Kier molecular flexibility index (Phi) is 9.51. The van der Waals surface area contributed by atoms with Gasteiger partial charge in [0.1, 0.15) is 18.4 Å². The van der Waals surface area contributed by atoms with Crippen LogP contribution in [-0.4, -0.2) is 48.9 Å². The zero-order valence-corrected chi connectivity index (χ0v) is 21.8. The van der Waals surface area contributed by atoms with Crippen LogP contribution < -0.4 is 10.1 Å². The number of ether oxygens (including phenoxy) is 2.